The number of aliphatic carboxylic acids is 1. The van der Waals surface area contributed by atoms with Crippen LogP contribution in [0.1, 0.15) is 44.1 Å². The highest BCUT2D eigenvalue weighted by Crippen LogP contribution is 2.47. The number of carbonyl (C=O) groups is 1. The van der Waals surface area contributed by atoms with Gasteiger partial charge in [-0.05, 0) is 61.1 Å². The number of nitrogens with zero attached hydrogens (tertiary/aromatic N) is 1. The lowest BCUT2D eigenvalue weighted by atomic mass is 9.82. The topological polar surface area (TPSA) is 84.4 Å². The maximum Gasteiger partial charge on any atom is 0.306 e. The third kappa shape index (κ3) is 4.26. The van der Waals surface area contributed by atoms with Crippen molar-refractivity contribution in [3.8, 4) is 11.6 Å². The third-order valence-electron chi connectivity index (χ3n) is 5.75. The first-order valence-corrected chi connectivity index (χ1v) is 9.71. The van der Waals surface area contributed by atoms with E-state index >= 15 is 0 Å². The van der Waals surface area contributed by atoms with E-state index in [1.54, 1.807) is 6.20 Å². The van der Waals surface area contributed by atoms with E-state index in [0.29, 0.717) is 24.3 Å². The van der Waals surface area contributed by atoms with Gasteiger partial charge in [0, 0.05) is 6.07 Å². The summed E-state index contributed by atoms with van der Waals surface area (Å²) in [7, 11) is 0. The minimum atomic E-state index is -0.726. The summed E-state index contributed by atoms with van der Waals surface area (Å²) in [6.07, 6.45) is 6.09. The lowest BCUT2D eigenvalue weighted by Gasteiger charge is -2.34. The van der Waals surface area contributed by atoms with Crippen LogP contribution in [-0.2, 0) is 4.79 Å². The number of hydrogen-bond acceptors (Lipinski definition) is 4. The Balaban J connectivity index is 1.30. The fraction of sp³-hybridized carbons (Fsp3) is 0.524. The smallest absolute Gasteiger partial charge is 0.306 e. The molecule has 0 radical (unpaired) electrons. The lowest BCUT2D eigenvalue weighted by molar-refractivity contribution is -0.142. The molecule has 2 saturated carbocycles. The molecule has 6 heteroatoms. The molecule has 144 valence electrons. The van der Waals surface area contributed by atoms with Gasteiger partial charge in [0.15, 0.2) is 0 Å². The van der Waals surface area contributed by atoms with Crippen molar-refractivity contribution in [2.75, 3.05) is 6.61 Å². The predicted octanol–water partition coefficient (Wildman–Crippen LogP) is 3.86. The number of carboxylic acid groups (broad SMARTS) is 1. The molecule has 1 heterocycles. The SMILES string of the molecule is C[C@H](C(=O)O)[C@H](c1cccc(OCC2CC(Oc3ccn[nH]3)C2)c1)C1CC1. The van der Waals surface area contributed by atoms with Crippen molar-refractivity contribution in [3.05, 3.63) is 42.1 Å². The average molecular weight is 370 g/mol. The second kappa shape index (κ2) is 7.62. The van der Waals surface area contributed by atoms with Crippen molar-refractivity contribution < 1.29 is 19.4 Å². The monoisotopic (exact) mass is 370 g/mol. The number of aromatic nitrogens is 2. The summed E-state index contributed by atoms with van der Waals surface area (Å²) >= 11 is 0. The van der Waals surface area contributed by atoms with Gasteiger partial charge in [0.25, 0.3) is 0 Å². The van der Waals surface area contributed by atoms with Gasteiger partial charge in [-0.15, -0.1) is 0 Å². The normalized spacial score (nSPS) is 23.9. The number of carboxylic acids is 1. The van der Waals surface area contributed by atoms with Crippen LogP contribution in [0.4, 0.5) is 0 Å². The first-order chi connectivity index (χ1) is 13.1. The fourth-order valence-electron chi connectivity index (χ4n) is 4.00. The Morgan fingerprint density at radius 3 is 2.81 bits per heavy atom. The minimum absolute atomic E-state index is 0.0712. The van der Waals surface area contributed by atoms with E-state index in [9.17, 15) is 9.90 Å². The first-order valence-electron chi connectivity index (χ1n) is 9.71. The first kappa shape index (κ1) is 17.9. The van der Waals surface area contributed by atoms with Crippen LogP contribution in [-0.4, -0.2) is 34.0 Å². The lowest BCUT2D eigenvalue weighted by Crippen LogP contribution is -2.37. The largest absolute Gasteiger partial charge is 0.493 e. The Labute approximate surface area is 158 Å². The molecule has 2 aromatic rings. The highest BCUT2D eigenvalue weighted by molar-refractivity contribution is 5.71. The summed E-state index contributed by atoms with van der Waals surface area (Å²) in [6, 6.07) is 9.81. The molecular weight excluding hydrogens is 344 g/mol. The average Bonchev–Trinajstić information content (AvgIpc) is 3.31. The molecular formula is C21H26N2O4. The number of nitrogens with one attached hydrogen (secondary N) is 1. The number of H-pyrrole nitrogens is 1. The van der Waals surface area contributed by atoms with Crippen molar-refractivity contribution in [2.24, 2.45) is 17.8 Å². The second-order valence-corrected chi connectivity index (χ2v) is 7.87. The number of benzene rings is 1. The van der Waals surface area contributed by atoms with Gasteiger partial charge >= 0.3 is 5.97 Å². The number of aromatic amines is 1. The third-order valence-corrected chi connectivity index (χ3v) is 5.75. The maximum absolute atomic E-state index is 11.5. The van der Waals surface area contributed by atoms with E-state index in [-0.39, 0.29) is 17.9 Å². The Kier molecular flexibility index (Phi) is 5.05. The van der Waals surface area contributed by atoms with Crippen molar-refractivity contribution in [3.63, 3.8) is 0 Å². The van der Waals surface area contributed by atoms with Gasteiger partial charge < -0.3 is 14.6 Å². The molecule has 0 aliphatic heterocycles. The summed E-state index contributed by atoms with van der Waals surface area (Å²) in [5.74, 6) is 1.48. The quantitative estimate of drug-likeness (QED) is 0.700. The molecule has 2 N–H and O–H groups in total. The zero-order chi connectivity index (χ0) is 18.8. The van der Waals surface area contributed by atoms with E-state index in [2.05, 4.69) is 10.2 Å². The summed E-state index contributed by atoms with van der Waals surface area (Å²) in [6.45, 7) is 2.47. The van der Waals surface area contributed by atoms with Crippen LogP contribution in [0.15, 0.2) is 36.5 Å². The van der Waals surface area contributed by atoms with Crippen molar-refractivity contribution in [1.29, 1.82) is 0 Å². The van der Waals surface area contributed by atoms with Gasteiger partial charge in [-0.3, -0.25) is 4.79 Å². The Bertz CT molecular complexity index is 766. The molecule has 2 atom stereocenters. The van der Waals surface area contributed by atoms with Gasteiger partial charge in [0.1, 0.15) is 11.9 Å². The van der Waals surface area contributed by atoms with E-state index < -0.39 is 5.97 Å². The van der Waals surface area contributed by atoms with E-state index in [0.717, 1.165) is 37.0 Å². The van der Waals surface area contributed by atoms with Gasteiger partial charge in [0.2, 0.25) is 5.88 Å². The van der Waals surface area contributed by atoms with Gasteiger partial charge in [0.05, 0.1) is 18.7 Å². The zero-order valence-electron chi connectivity index (χ0n) is 15.5. The molecule has 0 bridgehead atoms. The molecule has 2 aliphatic rings. The van der Waals surface area contributed by atoms with E-state index in [1.807, 2.05) is 37.3 Å². The van der Waals surface area contributed by atoms with Crippen molar-refractivity contribution in [2.45, 2.75) is 44.6 Å². The standard InChI is InChI=1S/C21H26N2O4/c1-13(21(24)25)20(15-5-6-15)16-3-2-4-17(11-16)26-12-14-9-18(10-14)27-19-7-8-22-23-19/h2-4,7-8,11,13-15,18,20H,5-6,9-10,12H2,1H3,(H,22,23)(H,24,25)/t13-,14?,18?,20-/m0/s1. The maximum atomic E-state index is 11.5. The molecule has 2 aliphatic carbocycles. The highest BCUT2D eigenvalue weighted by atomic mass is 16.5. The molecule has 0 spiro atoms. The summed E-state index contributed by atoms with van der Waals surface area (Å²) in [4.78, 5) is 11.5. The van der Waals surface area contributed by atoms with Gasteiger partial charge in [-0.1, -0.05) is 19.1 Å². The second-order valence-electron chi connectivity index (χ2n) is 7.87. The highest BCUT2D eigenvalue weighted by Gasteiger charge is 2.38. The summed E-state index contributed by atoms with van der Waals surface area (Å²) in [5.41, 5.74) is 1.08. The molecule has 0 saturated heterocycles. The Morgan fingerprint density at radius 1 is 1.33 bits per heavy atom. The molecule has 1 aromatic carbocycles. The van der Waals surface area contributed by atoms with Crippen LogP contribution in [0, 0.1) is 17.8 Å². The molecule has 27 heavy (non-hydrogen) atoms. The van der Waals surface area contributed by atoms with Gasteiger partial charge in [-0.2, -0.15) is 5.10 Å². The number of hydrogen-bond donors (Lipinski definition) is 2. The summed E-state index contributed by atoms with van der Waals surface area (Å²) in [5, 5.41) is 16.1. The van der Waals surface area contributed by atoms with Crippen molar-refractivity contribution >= 4 is 5.97 Å². The fourth-order valence-corrected chi connectivity index (χ4v) is 4.00. The predicted molar refractivity (Wildman–Crippen MR) is 99.9 cm³/mol. The molecule has 4 rings (SSSR count). The van der Waals surface area contributed by atoms with Crippen LogP contribution in [0.2, 0.25) is 0 Å². The van der Waals surface area contributed by atoms with Crippen LogP contribution >= 0.6 is 0 Å². The molecule has 2 fully saturated rings. The van der Waals surface area contributed by atoms with E-state index in [1.165, 1.54) is 0 Å². The number of rotatable bonds is 9. The molecule has 1 aromatic heterocycles. The van der Waals surface area contributed by atoms with Crippen molar-refractivity contribution in [1.82, 2.24) is 10.2 Å². The molecule has 6 nitrogen and oxygen atoms in total. The van der Waals surface area contributed by atoms with Crippen LogP contribution in [0.5, 0.6) is 11.6 Å². The van der Waals surface area contributed by atoms with Crippen LogP contribution < -0.4 is 9.47 Å². The summed E-state index contributed by atoms with van der Waals surface area (Å²) < 4.78 is 11.8. The number of ether oxygens (including phenoxy) is 2. The van der Waals surface area contributed by atoms with Crippen LogP contribution in [0.3, 0.4) is 0 Å². The molecule has 0 amide bonds. The van der Waals surface area contributed by atoms with E-state index in [4.69, 9.17) is 9.47 Å². The Hall–Kier alpha value is -2.50. The Morgan fingerprint density at radius 2 is 2.15 bits per heavy atom. The minimum Gasteiger partial charge on any atom is -0.493 e. The molecule has 0 unspecified atom stereocenters. The zero-order valence-corrected chi connectivity index (χ0v) is 15.5. The van der Waals surface area contributed by atoms with Crippen LogP contribution in [0.25, 0.3) is 0 Å². The van der Waals surface area contributed by atoms with Gasteiger partial charge in [-0.25, -0.2) is 5.10 Å².